The van der Waals surface area contributed by atoms with Crippen LogP contribution in [0.3, 0.4) is 0 Å². The summed E-state index contributed by atoms with van der Waals surface area (Å²) in [5, 5.41) is 16.1. The van der Waals surface area contributed by atoms with E-state index >= 15 is 0 Å². The Hall–Kier alpha value is -2.97. The lowest BCUT2D eigenvalue weighted by atomic mass is 9.49. The standard InChI is InChI=1S/C23H29N3O6/c1-14(22(29)25-18-4-2-3-5-19(18)26(30)31)32-21(28)13-24-20(27)12-23-9-15-6-16(10-23)8-17(7-15)11-23/h2-5,14-17H,6-13H2,1H3,(H,24,27)(H,25,29). The van der Waals surface area contributed by atoms with E-state index in [2.05, 4.69) is 10.6 Å². The number of carbonyl (C=O) groups excluding carboxylic acids is 3. The van der Waals surface area contributed by atoms with Crippen molar-refractivity contribution in [2.24, 2.45) is 23.2 Å². The van der Waals surface area contributed by atoms with Gasteiger partial charge >= 0.3 is 5.97 Å². The van der Waals surface area contributed by atoms with E-state index in [9.17, 15) is 24.5 Å². The summed E-state index contributed by atoms with van der Waals surface area (Å²) in [5.74, 6) is 0.680. The highest BCUT2D eigenvalue weighted by molar-refractivity contribution is 5.97. The van der Waals surface area contributed by atoms with E-state index in [4.69, 9.17) is 4.74 Å². The lowest BCUT2D eigenvalue weighted by Gasteiger charge is -2.56. The average Bonchev–Trinajstić information content (AvgIpc) is 2.71. The second-order valence-corrected chi connectivity index (χ2v) is 9.77. The Kier molecular flexibility index (Phi) is 6.17. The molecule has 2 N–H and O–H groups in total. The molecule has 2 amide bonds. The monoisotopic (exact) mass is 443 g/mol. The molecule has 0 aliphatic heterocycles. The Labute approximate surface area is 186 Å². The highest BCUT2D eigenvalue weighted by Gasteiger charge is 2.51. The van der Waals surface area contributed by atoms with Gasteiger partial charge in [-0.05, 0) is 74.7 Å². The molecule has 9 heteroatoms. The zero-order chi connectivity index (χ0) is 22.9. The van der Waals surface area contributed by atoms with Gasteiger partial charge in [-0.2, -0.15) is 0 Å². The van der Waals surface area contributed by atoms with Gasteiger partial charge in [0, 0.05) is 12.5 Å². The van der Waals surface area contributed by atoms with E-state index < -0.39 is 22.9 Å². The minimum Gasteiger partial charge on any atom is -0.451 e. The zero-order valence-corrected chi connectivity index (χ0v) is 18.2. The molecule has 0 aromatic heterocycles. The molecular formula is C23H29N3O6. The van der Waals surface area contributed by atoms with Crippen molar-refractivity contribution in [3.05, 3.63) is 34.4 Å². The smallest absolute Gasteiger partial charge is 0.326 e. The van der Waals surface area contributed by atoms with Crippen molar-refractivity contribution < 1.29 is 24.0 Å². The van der Waals surface area contributed by atoms with Crippen LogP contribution in [0.25, 0.3) is 0 Å². The SMILES string of the molecule is CC(OC(=O)CNC(=O)CC12CC3CC(CC(C3)C1)C2)C(=O)Nc1ccccc1[N+](=O)[O-]. The second-order valence-electron chi connectivity index (χ2n) is 9.77. The van der Waals surface area contributed by atoms with Gasteiger partial charge in [-0.15, -0.1) is 0 Å². The third kappa shape index (κ3) is 4.92. The van der Waals surface area contributed by atoms with Crippen LogP contribution in [0, 0.1) is 33.3 Å². The molecule has 4 aliphatic rings. The Morgan fingerprint density at radius 2 is 1.72 bits per heavy atom. The topological polar surface area (TPSA) is 128 Å². The van der Waals surface area contributed by atoms with Gasteiger partial charge in [0.25, 0.3) is 11.6 Å². The normalized spacial score (nSPS) is 28.6. The van der Waals surface area contributed by atoms with Gasteiger partial charge in [0.15, 0.2) is 6.10 Å². The lowest BCUT2D eigenvalue weighted by Crippen LogP contribution is -2.48. The van der Waals surface area contributed by atoms with Crippen LogP contribution >= 0.6 is 0 Å². The molecule has 1 aromatic carbocycles. The second kappa shape index (κ2) is 8.88. The number of benzene rings is 1. The third-order valence-corrected chi connectivity index (χ3v) is 7.17. The fraction of sp³-hybridized carbons (Fsp3) is 0.609. The molecule has 9 nitrogen and oxygen atoms in total. The number of rotatable bonds is 8. The Balaban J connectivity index is 1.23. The highest BCUT2D eigenvalue weighted by Crippen LogP contribution is 2.61. The number of hydrogen-bond acceptors (Lipinski definition) is 6. The lowest BCUT2D eigenvalue weighted by molar-refractivity contribution is -0.383. The minimum absolute atomic E-state index is 0.0225. The van der Waals surface area contributed by atoms with Gasteiger partial charge in [0.2, 0.25) is 5.91 Å². The maximum absolute atomic E-state index is 12.5. The van der Waals surface area contributed by atoms with Crippen molar-refractivity contribution in [1.82, 2.24) is 5.32 Å². The number of carbonyl (C=O) groups is 3. The molecule has 0 spiro atoms. The maximum Gasteiger partial charge on any atom is 0.326 e. The van der Waals surface area contributed by atoms with E-state index in [0.29, 0.717) is 6.42 Å². The van der Waals surface area contributed by atoms with Crippen molar-refractivity contribution in [3.63, 3.8) is 0 Å². The molecule has 1 atom stereocenters. The number of para-hydroxylation sites is 2. The zero-order valence-electron chi connectivity index (χ0n) is 18.2. The number of nitro groups is 1. The van der Waals surface area contributed by atoms with Crippen molar-refractivity contribution in [1.29, 1.82) is 0 Å². The molecule has 0 saturated heterocycles. The van der Waals surface area contributed by atoms with Crippen LogP contribution in [0.2, 0.25) is 0 Å². The quantitative estimate of drug-likeness (QED) is 0.361. The first-order valence-electron chi connectivity index (χ1n) is 11.2. The maximum atomic E-state index is 12.5. The van der Waals surface area contributed by atoms with Crippen LogP contribution in [-0.2, 0) is 19.1 Å². The Morgan fingerprint density at radius 3 is 2.31 bits per heavy atom. The number of nitrogens with one attached hydrogen (secondary N) is 2. The van der Waals surface area contributed by atoms with Crippen LogP contribution in [0.1, 0.15) is 51.9 Å². The first-order valence-corrected chi connectivity index (χ1v) is 11.2. The summed E-state index contributed by atoms with van der Waals surface area (Å²) in [6.07, 6.45) is 6.52. The van der Waals surface area contributed by atoms with E-state index in [1.807, 2.05) is 0 Å². The molecule has 5 rings (SSSR count). The molecule has 4 aliphatic carbocycles. The van der Waals surface area contributed by atoms with E-state index in [1.54, 1.807) is 6.07 Å². The molecule has 0 radical (unpaired) electrons. The molecule has 0 heterocycles. The van der Waals surface area contributed by atoms with Gasteiger partial charge in [0.1, 0.15) is 12.2 Å². The number of esters is 1. The van der Waals surface area contributed by atoms with Gasteiger partial charge < -0.3 is 15.4 Å². The predicted octanol–water partition coefficient (Wildman–Crippen LogP) is 3.19. The van der Waals surface area contributed by atoms with Crippen LogP contribution in [-0.4, -0.2) is 35.4 Å². The summed E-state index contributed by atoms with van der Waals surface area (Å²) in [7, 11) is 0. The van der Waals surface area contributed by atoms with E-state index in [-0.39, 0.29) is 29.2 Å². The van der Waals surface area contributed by atoms with Crippen molar-refractivity contribution in [2.75, 3.05) is 11.9 Å². The first kappa shape index (κ1) is 22.2. The van der Waals surface area contributed by atoms with E-state index in [1.165, 1.54) is 44.4 Å². The Bertz CT molecular complexity index is 895. The molecule has 4 saturated carbocycles. The summed E-state index contributed by atoms with van der Waals surface area (Å²) >= 11 is 0. The molecule has 4 fully saturated rings. The fourth-order valence-corrected chi connectivity index (χ4v) is 6.35. The van der Waals surface area contributed by atoms with Crippen LogP contribution in [0.15, 0.2) is 24.3 Å². The largest absolute Gasteiger partial charge is 0.451 e. The number of amides is 2. The summed E-state index contributed by atoms with van der Waals surface area (Å²) in [4.78, 5) is 47.4. The van der Waals surface area contributed by atoms with Crippen molar-refractivity contribution in [2.45, 2.75) is 58.0 Å². The molecule has 4 bridgehead atoms. The number of ether oxygens (including phenoxy) is 1. The molecule has 1 aromatic rings. The number of nitro benzene ring substituents is 1. The molecular weight excluding hydrogens is 414 g/mol. The Morgan fingerprint density at radius 1 is 1.12 bits per heavy atom. The summed E-state index contributed by atoms with van der Waals surface area (Å²) < 4.78 is 5.09. The van der Waals surface area contributed by atoms with Gasteiger partial charge in [-0.1, -0.05) is 12.1 Å². The molecule has 1 unspecified atom stereocenters. The highest BCUT2D eigenvalue weighted by atomic mass is 16.6. The summed E-state index contributed by atoms with van der Waals surface area (Å²) in [6, 6.07) is 5.71. The molecule has 172 valence electrons. The average molecular weight is 444 g/mol. The molecule has 32 heavy (non-hydrogen) atoms. The van der Waals surface area contributed by atoms with Crippen LogP contribution < -0.4 is 10.6 Å². The summed E-state index contributed by atoms with van der Waals surface area (Å²) in [5.41, 5.74) is -0.147. The van der Waals surface area contributed by atoms with Crippen LogP contribution in [0.4, 0.5) is 11.4 Å². The van der Waals surface area contributed by atoms with Gasteiger partial charge in [0.05, 0.1) is 4.92 Å². The van der Waals surface area contributed by atoms with Crippen molar-refractivity contribution >= 4 is 29.2 Å². The van der Waals surface area contributed by atoms with Crippen LogP contribution in [0.5, 0.6) is 0 Å². The minimum atomic E-state index is -1.16. The number of nitrogens with zero attached hydrogens (tertiary/aromatic N) is 1. The van der Waals surface area contributed by atoms with E-state index in [0.717, 1.165) is 37.0 Å². The predicted molar refractivity (Wildman–Crippen MR) is 116 cm³/mol. The summed E-state index contributed by atoms with van der Waals surface area (Å²) in [6.45, 7) is 1.06. The fourth-order valence-electron chi connectivity index (χ4n) is 6.35. The number of anilines is 1. The third-order valence-electron chi connectivity index (χ3n) is 7.17. The number of hydrogen-bond donors (Lipinski definition) is 2. The first-order chi connectivity index (χ1) is 15.2. The van der Waals surface area contributed by atoms with Gasteiger partial charge in [-0.25, -0.2) is 0 Å². The van der Waals surface area contributed by atoms with Gasteiger partial charge in [-0.3, -0.25) is 24.5 Å². The van der Waals surface area contributed by atoms with Crippen molar-refractivity contribution in [3.8, 4) is 0 Å².